The smallest absolute Gasteiger partial charge is 0.306 e. The molecule has 0 spiro atoms. The van der Waals surface area contributed by atoms with Gasteiger partial charge in [-0.2, -0.15) is 0 Å². The summed E-state index contributed by atoms with van der Waals surface area (Å²) >= 11 is 11.9. The maximum Gasteiger partial charge on any atom is 0.306 e. The zero-order valence-corrected chi connectivity index (χ0v) is 13.6. The number of benzene rings is 1. The molecule has 0 atom stereocenters. The number of aliphatic carboxylic acids is 1. The largest absolute Gasteiger partial charge is 0.496 e. The number of carboxylic acids is 1. The lowest BCUT2D eigenvalue weighted by molar-refractivity contribution is -0.142. The third-order valence-corrected chi connectivity index (χ3v) is 4.62. The highest BCUT2D eigenvalue weighted by atomic mass is 35.5. The topological polar surface area (TPSA) is 75.6 Å². The van der Waals surface area contributed by atoms with Crippen LogP contribution in [0.1, 0.15) is 36.0 Å². The number of rotatable bonds is 4. The maximum absolute atomic E-state index is 12.4. The molecular weight excluding hydrogens is 329 g/mol. The fraction of sp³-hybridized carbons (Fsp3) is 0.467. The highest BCUT2D eigenvalue weighted by Crippen LogP contribution is 2.31. The second kappa shape index (κ2) is 7.20. The van der Waals surface area contributed by atoms with Crippen LogP contribution in [0.25, 0.3) is 0 Å². The molecule has 1 aromatic rings. The first-order chi connectivity index (χ1) is 10.4. The van der Waals surface area contributed by atoms with Crippen LogP contribution in [0.3, 0.4) is 0 Å². The van der Waals surface area contributed by atoms with E-state index >= 15 is 0 Å². The van der Waals surface area contributed by atoms with Crippen molar-refractivity contribution in [2.45, 2.75) is 31.7 Å². The quantitative estimate of drug-likeness (QED) is 0.876. The summed E-state index contributed by atoms with van der Waals surface area (Å²) in [5.74, 6) is -1.02. The zero-order valence-electron chi connectivity index (χ0n) is 12.1. The number of hydrogen-bond acceptors (Lipinski definition) is 3. The highest BCUT2D eigenvalue weighted by Gasteiger charge is 2.27. The molecule has 1 aromatic carbocycles. The fourth-order valence-corrected chi connectivity index (χ4v) is 2.94. The summed E-state index contributed by atoms with van der Waals surface area (Å²) in [6, 6.07) is 2.93. The summed E-state index contributed by atoms with van der Waals surface area (Å²) in [4.78, 5) is 23.3. The average Bonchev–Trinajstić information content (AvgIpc) is 2.50. The molecule has 7 heteroatoms. The van der Waals surface area contributed by atoms with Gasteiger partial charge in [0, 0.05) is 12.1 Å². The first-order valence-corrected chi connectivity index (χ1v) is 7.74. The highest BCUT2D eigenvalue weighted by molar-refractivity contribution is 6.42. The standard InChI is InChI=1S/C15H17Cl2NO4/c1-22-13-7-12(17)11(16)6-10(13)14(19)18-9-4-2-8(3-5-9)15(20)21/h6-9H,2-5H2,1H3,(H,18,19)(H,20,21). The van der Waals surface area contributed by atoms with Gasteiger partial charge >= 0.3 is 5.97 Å². The van der Waals surface area contributed by atoms with Crippen LogP contribution in [0.15, 0.2) is 12.1 Å². The van der Waals surface area contributed by atoms with Crippen molar-refractivity contribution in [2.75, 3.05) is 7.11 Å². The first kappa shape index (κ1) is 16.9. The molecule has 0 radical (unpaired) electrons. The Morgan fingerprint density at radius 3 is 2.32 bits per heavy atom. The van der Waals surface area contributed by atoms with Gasteiger partial charge in [0.05, 0.1) is 28.6 Å². The van der Waals surface area contributed by atoms with Crippen LogP contribution >= 0.6 is 23.2 Å². The molecule has 0 unspecified atom stereocenters. The summed E-state index contributed by atoms with van der Waals surface area (Å²) in [5.41, 5.74) is 0.317. The molecule has 1 amide bonds. The Morgan fingerprint density at radius 1 is 1.18 bits per heavy atom. The van der Waals surface area contributed by atoms with Gasteiger partial charge in [-0.05, 0) is 31.7 Å². The monoisotopic (exact) mass is 345 g/mol. The minimum Gasteiger partial charge on any atom is -0.496 e. The van der Waals surface area contributed by atoms with Crippen molar-refractivity contribution >= 4 is 35.1 Å². The number of hydrogen-bond donors (Lipinski definition) is 2. The van der Waals surface area contributed by atoms with E-state index in [2.05, 4.69) is 5.32 Å². The van der Waals surface area contributed by atoms with Crippen LogP contribution < -0.4 is 10.1 Å². The van der Waals surface area contributed by atoms with Crippen LogP contribution in [0, 0.1) is 5.92 Å². The number of halogens is 2. The van der Waals surface area contributed by atoms with Gasteiger partial charge in [0.2, 0.25) is 0 Å². The summed E-state index contributed by atoms with van der Waals surface area (Å²) < 4.78 is 5.16. The molecule has 0 heterocycles. The summed E-state index contributed by atoms with van der Waals surface area (Å²) in [7, 11) is 1.45. The molecule has 0 saturated heterocycles. The molecule has 0 bridgehead atoms. The van der Waals surface area contributed by atoms with Crippen LogP contribution in [0.5, 0.6) is 5.75 Å². The van der Waals surface area contributed by atoms with Crippen LogP contribution in [-0.2, 0) is 4.79 Å². The Labute approximate surface area is 138 Å². The van der Waals surface area contributed by atoms with Crippen molar-refractivity contribution in [3.8, 4) is 5.75 Å². The normalized spacial score (nSPS) is 21.2. The number of methoxy groups -OCH3 is 1. The van der Waals surface area contributed by atoms with E-state index in [0.717, 1.165) is 0 Å². The van der Waals surface area contributed by atoms with Gasteiger partial charge in [-0.3, -0.25) is 9.59 Å². The molecule has 0 aliphatic heterocycles. The fourth-order valence-electron chi connectivity index (χ4n) is 2.62. The third-order valence-electron chi connectivity index (χ3n) is 3.90. The number of nitrogens with one attached hydrogen (secondary N) is 1. The zero-order chi connectivity index (χ0) is 16.3. The number of carboxylic acid groups (broad SMARTS) is 1. The number of carbonyl (C=O) groups is 2. The predicted molar refractivity (Wildman–Crippen MR) is 83.9 cm³/mol. The molecular formula is C15H17Cl2NO4. The van der Waals surface area contributed by atoms with E-state index in [1.165, 1.54) is 19.2 Å². The molecule has 1 fully saturated rings. The Balaban J connectivity index is 2.04. The molecule has 120 valence electrons. The number of carbonyl (C=O) groups excluding carboxylic acids is 1. The van der Waals surface area contributed by atoms with E-state index < -0.39 is 5.97 Å². The molecule has 1 aliphatic rings. The molecule has 0 aromatic heterocycles. The summed E-state index contributed by atoms with van der Waals surface area (Å²) in [5, 5.41) is 12.5. The molecule has 5 nitrogen and oxygen atoms in total. The van der Waals surface area contributed by atoms with Crippen LogP contribution in [0.2, 0.25) is 10.0 Å². The van der Waals surface area contributed by atoms with E-state index in [1.807, 2.05) is 0 Å². The Kier molecular flexibility index (Phi) is 5.53. The summed E-state index contributed by atoms with van der Waals surface area (Å²) in [6.07, 6.45) is 2.43. The molecule has 1 saturated carbocycles. The van der Waals surface area contributed by atoms with Crippen molar-refractivity contribution in [3.05, 3.63) is 27.7 Å². The van der Waals surface area contributed by atoms with Gasteiger partial charge < -0.3 is 15.2 Å². The Bertz CT molecular complexity index is 583. The van der Waals surface area contributed by atoms with Crippen molar-refractivity contribution in [1.82, 2.24) is 5.32 Å². The molecule has 2 rings (SSSR count). The maximum atomic E-state index is 12.4. The SMILES string of the molecule is COc1cc(Cl)c(Cl)cc1C(=O)NC1CCC(C(=O)O)CC1. The first-order valence-electron chi connectivity index (χ1n) is 6.99. The average molecular weight is 346 g/mol. The second-order valence-corrected chi connectivity index (χ2v) is 6.14. The summed E-state index contributed by atoms with van der Waals surface area (Å²) in [6.45, 7) is 0. The van der Waals surface area contributed by atoms with E-state index in [1.54, 1.807) is 0 Å². The van der Waals surface area contributed by atoms with E-state index in [4.69, 9.17) is 33.0 Å². The Hall–Kier alpha value is -1.46. The van der Waals surface area contributed by atoms with Gasteiger partial charge in [0.25, 0.3) is 5.91 Å². The molecule has 1 aliphatic carbocycles. The minimum absolute atomic E-state index is 0.0396. The number of amides is 1. The van der Waals surface area contributed by atoms with Gasteiger partial charge in [-0.15, -0.1) is 0 Å². The van der Waals surface area contributed by atoms with Gasteiger partial charge in [-0.25, -0.2) is 0 Å². The number of ether oxygens (including phenoxy) is 1. The van der Waals surface area contributed by atoms with Crippen LogP contribution in [0.4, 0.5) is 0 Å². The van der Waals surface area contributed by atoms with E-state index in [-0.39, 0.29) is 22.9 Å². The third kappa shape index (κ3) is 3.84. The van der Waals surface area contributed by atoms with E-state index in [9.17, 15) is 9.59 Å². The van der Waals surface area contributed by atoms with Crippen molar-refractivity contribution in [2.24, 2.45) is 5.92 Å². The predicted octanol–water partition coefficient (Wildman–Crippen LogP) is 3.38. The lowest BCUT2D eigenvalue weighted by Gasteiger charge is -2.27. The molecule has 2 N–H and O–H groups in total. The minimum atomic E-state index is -0.768. The van der Waals surface area contributed by atoms with Gasteiger partial charge in [-0.1, -0.05) is 23.2 Å². The van der Waals surface area contributed by atoms with Gasteiger partial charge in [0.15, 0.2) is 0 Å². The second-order valence-electron chi connectivity index (χ2n) is 5.33. The Morgan fingerprint density at radius 2 is 1.77 bits per heavy atom. The lowest BCUT2D eigenvalue weighted by atomic mass is 9.86. The van der Waals surface area contributed by atoms with E-state index in [0.29, 0.717) is 42.0 Å². The lowest BCUT2D eigenvalue weighted by Crippen LogP contribution is -2.38. The van der Waals surface area contributed by atoms with Crippen molar-refractivity contribution < 1.29 is 19.4 Å². The van der Waals surface area contributed by atoms with Gasteiger partial charge in [0.1, 0.15) is 5.75 Å². The van der Waals surface area contributed by atoms with Crippen LogP contribution in [-0.4, -0.2) is 30.1 Å². The molecule has 22 heavy (non-hydrogen) atoms. The van der Waals surface area contributed by atoms with Crippen molar-refractivity contribution in [1.29, 1.82) is 0 Å². The van der Waals surface area contributed by atoms with Crippen molar-refractivity contribution in [3.63, 3.8) is 0 Å².